The molecule has 8 heteroatoms. The summed E-state index contributed by atoms with van der Waals surface area (Å²) < 4.78 is 0. The van der Waals surface area contributed by atoms with Crippen LogP contribution in [-0.2, 0) is 6.42 Å². The Labute approximate surface area is 141 Å². The van der Waals surface area contributed by atoms with Crippen molar-refractivity contribution in [1.82, 2.24) is 9.97 Å². The van der Waals surface area contributed by atoms with Gasteiger partial charge in [0.05, 0.1) is 11.1 Å². The number of benzene rings is 1. The maximum atomic E-state index is 11.4. The number of nitrogens with zero attached hydrogens (tertiary/aromatic N) is 2. The molecule has 2 N–H and O–H groups in total. The minimum Gasteiger partial charge on any atom is -0.477 e. The molecule has 124 valence electrons. The van der Waals surface area contributed by atoms with Crippen molar-refractivity contribution in [1.29, 1.82) is 0 Å². The molecule has 3 aromatic rings. The number of carboxylic acids is 1. The molecule has 2 heterocycles. The van der Waals surface area contributed by atoms with E-state index in [0.717, 1.165) is 28.8 Å². The second-order valence-corrected chi connectivity index (χ2v) is 6.97. The molecule has 0 aliphatic heterocycles. The van der Waals surface area contributed by atoms with Crippen molar-refractivity contribution in [2.45, 2.75) is 20.3 Å². The van der Waals surface area contributed by atoms with Crippen LogP contribution in [0, 0.1) is 16.0 Å². The minimum absolute atomic E-state index is 0.0374. The van der Waals surface area contributed by atoms with Crippen LogP contribution in [-0.4, -0.2) is 26.0 Å². The topological polar surface area (TPSA) is 109 Å². The predicted octanol–water partition coefficient (Wildman–Crippen LogP) is 4.10. The second kappa shape index (κ2) is 6.04. The lowest BCUT2D eigenvalue weighted by atomic mass is 10.1. The highest BCUT2D eigenvalue weighted by Gasteiger charge is 2.19. The maximum Gasteiger partial charge on any atom is 0.347 e. The monoisotopic (exact) mass is 345 g/mol. The Kier molecular flexibility index (Phi) is 4.06. The smallest absolute Gasteiger partial charge is 0.347 e. The molecule has 2 aromatic heterocycles. The number of nitro benzene ring substituents is 1. The molecular formula is C16H15N3O4S. The molecule has 1 aromatic carbocycles. The van der Waals surface area contributed by atoms with Crippen molar-refractivity contribution in [3.8, 4) is 10.6 Å². The highest BCUT2D eigenvalue weighted by Crippen LogP contribution is 2.34. The molecule has 0 saturated heterocycles. The molecule has 0 saturated carbocycles. The molecule has 0 aliphatic carbocycles. The molecule has 24 heavy (non-hydrogen) atoms. The van der Waals surface area contributed by atoms with Crippen molar-refractivity contribution < 1.29 is 14.8 Å². The molecule has 0 bridgehead atoms. The van der Waals surface area contributed by atoms with E-state index in [9.17, 15) is 14.9 Å². The first-order valence-corrected chi connectivity index (χ1v) is 8.16. The van der Waals surface area contributed by atoms with Crippen LogP contribution in [0.15, 0.2) is 24.4 Å². The van der Waals surface area contributed by atoms with E-state index in [0.29, 0.717) is 22.0 Å². The summed E-state index contributed by atoms with van der Waals surface area (Å²) in [5.41, 5.74) is 1.92. The Balaban J connectivity index is 2.15. The molecule has 7 nitrogen and oxygen atoms in total. The van der Waals surface area contributed by atoms with E-state index in [1.54, 1.807) is 6.07 Å². The summed E-state index contributed by atoms with van der Waals surface area (Å²) in [6.45, 7) is 4.16. The zero-order chi connectivity index (χ0) is 17.4. The van der Waals surface area contributed by atoms with E-state index >= 15 is 0 Å². The van der Waals surface area contributed by atoms with Gasteiger partial charge in [0, 0.05) is 22.7 Å². The van der Waals surface area contributed by atoms with Gasteiger partial charge in [-0.2, -0.15) is 0 Å². The summed E-state index contributed by atoms with van der Waals surface area (Å²) >= 11 is 0.997. The van der Waals surface area contributed by atoms with Crippen LogP contribution in [0.3, 0.4) is 0 Å². The minimum atomic E-state index is -1.06. The number of hydrogen-bond donors (Lipinski definition) is 2. The first-order chi connectivity index (χ1) is 11.3. The Morgan fingerprint density at radius 1 is 1.42 bits per heavy atom. The number of nitrogens with one attached hydrogen (secondary N) is 1. The molecule has 0 atom stereocenters. The number of aromatic nitrogens is 2. The van der Waals surface area contributed by atoms with Gasteiger partial charge < -0.3 is 10.1 Å². The normalized spacial score (nSPS) is 11.3. The van der Waals surface area contributed by atoms with Gasteiger partial charge in [0.25, 0.3) is 5.69 Å². The fourth-order valence-corrected chi connectivity index (χ4v) is 3.35. The molecule has 0 fully saturated rings. The van der Waals surface area contributed by atoms with Gasteiger partial charge >= 0.3 is 5.97 Å². The summed E-state index contributed by atoms with van der Waals surface area (Å²) in [5, 5.41) is 21.6. The van der Waals surface area contributed by atoms with Crippen molar-refractivity contribution in [2.75, 3.05) is 0 Å². The van der Waals surface area contributed by atoms with Gasteiger partial charge in [-0.05, 0) is 24.5 Å². The van der Waals surface area contributed by atoms with Crippen LogP contribution >= 0.6 is 11.3 Å². The number of fused-ring (bicyclic) bond motifs is 1. The third kappa shape index (κ3) is 3.00. The van der Waals surface area contributed by atoms with Crippen LogP contribution in [0.1, 0.15) is 29.2 Å². The fourth-order valence-electron chi connectivity index (χ4n) is 2.61. The molecular weight excluding hydrogens is 330 g/mol. The lowest BCUT2D eigenvalue weighted by Crippen LogP contribution is -1.94. The highest BCUT2D eigenvalue weighted by molar-refractivity contribution is 7.16. The van der Waals surface area contributed by atoms with E-state index < -0.39 is 10.9 Å². The van der Waals surface area contributed by atoms with Crippen molar-refractivity contribution in [3.05, 3.63) is 45.1 Å². The van der Waals surface area contributed by atoms with Crippen LogP contribution in [0.4, 0.5) is 5.69 Å². The van der Waals surface area contributed by atoms with Gasteiger partial charge in [-0.1, -0.05) is 13.8 Å². The highest BCUT2D eigenvalue weighted by atomic mass is 32.1. The zero-order valence-corrected chi connectivity index (χ0v) is 13.9. The number of aromatic amines is 1. The Morgan fingerprint density at radius 2 is 2.17 bits per heavy atom. The number of thiazole rings is 1. The summed E-state index contributed by atoms with van der Waals surface area (Å²) in [5.74, 6) is -0.635. The van der Waals surface area contributed by atoms with Gasteiger partial charge in [0.1, 0.15) is 15.4 Å². The summed E-state index contributed by atoms with van der Waals surface area (Å²) in [4.78, 5) is 29.3. The molecule has 0 aliphatic rings. The SMILES string of the molecule is CC(C)Cc1cc2cc(-c3ncc(C(=O)O)s3)cc([N+](=O)[O-])c2[nH]1. The first kappa shape index (κ1) is 16.1. The van der Waals surface area contributed by atoms with Crippen molar-refractivity contribution in [3.63, 3.8) is 0 Å². The number of non-ortho nitro benzene ring substituents is 1. The van der Waals surface area contributed by atoms with Gasteiger partial charge in [-0.15, -0.1) is 11.3 Å². The lowest BCUT2D eigenvalue weighted by Gasteiger charge is -2.00. The van der Waals surface area contributed by atoms with E-state index in [-0.39, 0.29) is 10.6 Å². The van der Waals surface area contributed by atoms with Gasteiger partial charge in [-0.3, -0.25) is 10.1 Å². The summed E-state index contributed by atoms with van der Waals surface area (Å²) in [6, 6.07) is 5.13. The predicted molar refractivity (Wildman–Crippen MR) is 91.6 cm³/mol. The van der Waals surface area contributed by atoms with Gasteiger partial charge in [-0.25, -0.2) is 9.78 Å². The maximum absolute atomic E-state index is 11.4. The number of nitro groups is 1. The average Bonchev–Trinajstić information content (AvgIpc) is 3.11. The second-order valence-electron chi connectivity index (χ2n) is 5.94. The first-order valence-electron chi connectivity index (χ1n) is 7.34. The van der Waals surface area contributed by atoms with Crippen molar-refractivity contribution in [2.24, 2.45) is 5.92 Å². The number of carbonyl (C=O) groups is 1. The fraction of sp³-hybridized carbons (Fsp3) is 0.250. The van der Waals surface area contributed by atoms with Crippen LogP contribution in [0.2, 0.25) is 0 Å². The van der Waals surface area contributed by atoms with E-state index in [4.69, 9.17) is 5.11 Å². The Hall–Kier alpha value is -2.74. The molecule has 0 radical (unpaired) electrons. The van der Waals surface area contributed by atoms with E-state index in [1.807, 2.05) is 6.07 Å². The molecule has 0 spiro atoms. The number of H-pyrrole nitrogens is 1. The van der Waals surface area contributed by atoms with Gasteiger partial charge in [0.15, 0.2) is 0 Å². The van der Waals surface area contributed by atoms with Crippen molar-refractivity contribution >= 4 is 33.9 Å². The Morgan fingerprint density at radius 3 is 2.75 bits per heavy atom. The summed E-state index contributed by atoms with van der Waals surface area (Å²) in [7, 11) is 0. The van der Waals surface area contributed by atoms with Crippen LogP contribution in [0.25, 0.3) is 21.5 Å². The number of hydrogen-bond acceptors (Lipinski definition) is 5. The number of aromatic carboxylic acids is 1. The quantitative estimate of drug-likeness (QED) is 0.534. The lowest BCUT2D eigenvalue weighted by molar-refractivity contribution is -0.383. The van der Waals surface area contributed by atoms with E-state index in [1.165, 1.54) is 12.3 Å². The third-order valence-electron chi connectivity index (χ3n) is 3.55. The van der Waals surface area contributed by atoms with E-state index in [2.05, 4.69) is 23.8 Å². The van der Waals surface area contributed by atoms with Gasteiger partial charge in [0.2, 0.25) is 0 Å². The third-order valence-corrected chi connectivity index (χ3v) is 4.59. The van der Waals surface area contributed by atoms with Crippen LogP contribution < -0.4 is 0 Å². The Bertz CT molecular complexity index is 942. The molecule has 0 unspecified atom stereocenters. The molecule has 0 amide bonds. The zero-order valence-electron chi connectivity index (χ0n) is 13.1. The number of rotatable bonds is 5. The van der Waals surface area contributed by atoms with Crippen LogP contribution in [0.5, 0.6) is 0 Å². The molecule has 3 rings (SSSR count). The largest absolute Gasteiger partial charge is 0.477 e. The summed E-state index contributed by atoms with van der Waals surface area (Å²) in [6.07, 6.45) is 2.06. The average molecular weight is 345 g/mol. The number of carboxylic acid groups (broad SMARTS) is 1. The standard InChI is InChI=1S/C16H15N3O4S/c1-8(2)3-11-5-9-4-10(6-12(19(22)23)14(9)18-11)15-17-7-13(24-15)16(20)21/h4-8,18H,3H2,1-2H3,(H,20,21).